The van der Waals surface area contributed by atoms with Crippen molar-refractivity contribution in [2.75, 3.05) is 0 Å². The third-order valence-corrected chi connectivity index (χ3v) is 5.69. The van der Waals surface area contributed by atoms with Crippen LogP contribution in [0.2, 0.25) is 5.02 Å². The van der Waals surface area contributed by atoms with E-state index in [4.69, 9.17) is 27.9 Å². The van der Waals surface area contributed by atoms with E-state index in [0.29, 0.717) is 5.71 Å². The molecule has 4 atom stereocenters. The zero-order valence-corrected chi connectivity index (χ0v) is 19.6. The van der Waals surface area contributed by atoms with Crippen LogP contribution in [0.5, 0.6) is 5.75 Å². The molecule has 34 heavy (non-hydrogen) atoms. The highest BCUT2D eigenvalue weighted by molar-refractivity contribution is 6.31. The lowest BCUT2D eigenvalue weighted by atomic mass is 10.0. The molecular formula is C21H20Cl2F4N4O3. The Balaban J connectivity index is 2.07. The number of halogens is 6. The maximum Gasteiger partial charge on any atom is 0.425 e. The summed E-state index contributed by atoms with van der Waals surface area (Å²) in [6, 6.07) is 3.60. The molecule has 1 aromatic heterocycles. The maximum absolute atomic E-state index is 15.1. The van der Waals surface area contributed by atoms with Gasteiger partial charge < -0.3 is 15.2 Å². The van der Waals surface area contributed by atoms with Crippen molar-refractivity contribution in [1.29, 1.82) is 0 Å². The first kappa shape index (κ1) is 26.0. The highest BCUT2D eigenvalue weighted by atomic mass is 35.5. The van der Waals surface area contributed by atoms with Crippen LogP contribution in [0.4, 0.5) is 17.6 Å². The fraction of sp³-hybridized carbons (Fsp3) is 0.381. The van der Waals surface area contributed by atoms with Gasteiger partial charge in [0.05, 0.1) is 33.8 Å². The first-order chi connectivity index (χ1) is 15.8. The summed E-state index contributed by atoms with van der Waals surface area (Å²) in [7, 11) is 0. The second-order valence-corrected chi connectivity index (χ2v) is 8.48. The van der Waals surface area contributed by atoms with Crippen LogP contribution in [0.3, 0.4) is 0 Å². The summed E-state index contributed by atoms with van der Waals surface area (Å²) < 4.78 is 59.7. The van der Waals surface area contributed by atoms with E-state index in [1.807, 2.05) is 0 Å². The topological polar surface area (TPSA) is 95.8 Å². The van der Waals surface area contributed by atoms with Gasteiger partial charge in [-0.25, -0.2) is 9.37 Å². The maximum atomic E-state index is 15.1. The molecule has 1 amide bonds. The Morgan fingerprint density at radius 2 is 1.97 bits per heavy atom. The molecule has 2 aromatic rings. The van der Waals surface area contributed by atoms with Crippen molar-refractivity contribution in [3.63, 3.8) is 0 Å². The smallest absolute Gasteiger partial charge is 0.425 e. The number of amides is 1. The van der Waals surface area contributed by atoms with E-state index in [1.165, 1.54) is 19.1 Å². The molecule has 1 aliphatic rings. The summed E-state index contributed by atoms with van der Waals surface area (Å²) in [5.74, 6) is -2.40. The van der Waals surface area contributed by atoms with Crippen LogP contribution >= 0.6 is 23.2 Å². The molecule has 3 unspecified atom stereocenters. The molecule has 0 spiro atoms. The number of hydrazone groups is 1. The summed E-state index contributed by atoms with van der Waals surface area (Å²) in [6.07, 6.45) is -8.14. The number of hydrogen-bond acceptors (Lipinski definition) is 6. The lowest BCUT2D eigenvalue weighted by molar-refractivity contribution is -0.189. The molecule has 3 N–H and O–H groups in total. The predicted octanol–water partition coefficient (Wildman–Crippen LogP) is 4.57. The molecule has 184 valence electrons. The molecule has 0 radical (unpaired) electrons. The van der Waals surface area contributed by atoms with E-state index < -0.39 is 53.0 Å². The number of carbonyl (C=O) groups excluding carboxylic acids is 1. The molecule has 0 aliphatic carbocycles. The van der Waals surface area contributed by atoms with Gasteiger partial charge >= 0.3 is 6.18 Å². The van der Waals surface area contributed by atoms with Gasteiger partial charge in [0.2, 0.25) is 0 Å². The van der Waals surface area contributed by atoms with Gasteiger partial charge in [0, 0.05) is 5.56 Å². The molecule has 2 heterocycles. The summed E-state index contributed by atoms with van der Waals surface area (Å²) in [6.45, 7) is 3.73. The third kappa shape index (κ3) is 5.53. The van der Waals surface area contributed by atoms with Crippen molar-refractivity contribution in [2.45, 2.75) is 50.7 Å². The van der Waals surface area contributed by atoms with Gasteiger partial charge in [-0.3, -0.25) is 10.2 Å². The number of pyridine rings is 1. The van der Waals surface area contributed by atoms with Gasteiger partial charge in [0.25, 0.3) is 5.91 Å². The summed E-state index contributed by atoms with van der Waals surface area (Å²) in [5, 5.41) is 16.3. The van der Waals surface area contributed by atoms with E-state index in [2.05, 4.69) is 20.8 Å². The standard InChI is InChI=1S/C21H20Cl2F4N4O3/c1-8-17(19(23)31-30-8)29-20(33)12-6-14(24)11(7-16(12)34-10(3)21(25,26)27)15-5-4-13(22)18(28-15)9(2)32/h4-7,9-10,17,19,31-32H,1-3H3,(H,29,33)/t9?,10-,17?,19?/m0/s1. The largest absolute Gasteiger partial charge is 0.480 e. The molecule has 0 fully saturated rings. The zero-order valence-electron chi connectivity index (χ0n) is 18.0. The third-order valence-electron chi connectivity index (χ3n) is 5.02. The van der Waals surface area contributed by atoms with Crippen LogP contribution in [0, 0.1) is 5.82 Å². The Kier molecular flexibility index (Phi) is 7.59. The number of aliphatic hydroxyl groups excluding tert-OH is 1. The second-order valence-electron chi connectivity index (χ2n) is 7.60. The van der Waals surface area contributed by atoms with Crippen molar-refractivity contribution in [3.05, 3.63) is 46.4 Å². The van der Waals surface area contributed by atoms with Gasteiger partial charge in [0.1, 0.15) is 23.1 Å². The summed E-state index contributed by atoms with van der Waals surface area (Å²) in [5.41, 5.74) is 1.45. The number of aromatic nitrogens is 1. The SMILES string of the molecule is CC1=NNC(Cl)C1NC(=O)c1cc(F)c(-c2ccc(Cl)c(C(C)O)n2)cc1O[C@@H](C)C(F)(F)F. The van der Waals surface area contributed by atoms with Crippen LogP contribution in [-0.2, 0) is 0 Å². The number of alkyl halides is 4. The normalized spacial score (nSPS) is 19.8. The number of hydrogen-bond donors (Lipinski definition) is 3. The Morgan fingerprint density at radius 1 is 1.29 bits per heavy atom. The van der Waals surface area contributed by atoms with Crippen LogP contribution in [0.25, 0.3) is 11.3 Å². The summed E-state index contributed by atoms with van der Waals surface area (Å²) >= 11 is 12.0. The Morgan fingerprint density at radius 3 is 2.53 bits per heavy atom. The molecular weight excluding hydrogens is 503 g/mol. The number of rotatable bonds is 6. The minimum Gasteiger partial charge on any atom is -0.480 e. The highest BCUT2D eigenvalue weighted by Gasteiger charge is 2.39. The van der Waals surface area contributed by atoms with Gasteiger partial charge in [-0.15, -0.1) is 0 Å². The van der Waals surface area contributed by atoms with Gasteiger partial charge in [0.15, 0.2) is 6.10 Å². The number of ether oxygens (including phenoxy) is 1. The van der Waals surface area contributed by atoms with Gasteiger partial charge in [-0.05, 0) is 45.0 Å². The fourth-order valence-electron chi connectivity index (χ4n) is 3.10. The fourth-order valence-corrected chi connectivity index (χ4v) is 3.66. The van der Waals surface area contributed by atoms with Crippen LogP contribution in [0.15, 0.2) is 29.4 Å². The van der Waals surface area contributed by atoms with E-state index in [-0.39, 0.29) is 22.0 Å². The molecule has 0 bridgehead atoms. The van der Waals surface area contributed by atoms with Crippen molar-refractivity contribution < 1.29 is 32.2 Å². The first-order valence-corrected chi connectivity index (χ1v) is 10.8. The van der Waals surface area contributed by atoms with E-state index in [0.717, 1.165) is 19.1 Å². The Bertz CT molecular complexity index is 1130. The van der Waals surface area contributed by atoms with Gasteiger partial charge in [-0.1, -0.05) is 23.2 Å². The lowest BCUT2D eigenvalue weighted by Crippen LogP contribution is -2.45. The minimum absolute atomic E-state index is 0.0296. The number of nitrogens with one attached hydrogen (secondary N) is 2. The van der Waals surface area contributed by atoms with Crippen molar-refractivity contribution in [1.82, 2.24) is 15.7 Å². The quantitative estimate of drug-likeness (QED) is 0.293. The molecule has 0 saturated carbocycles. The van der Waals surface area contributed by atoms with E-state index in [9.17, 15) is 23.1 Å². The molecule has 1 aromatic carbocycles. The van der Waals surface area contributed by atoms with E-state index in [1.54, 1.807) is 6.92 Å². The number of aliphatic hydroxyl groups is 1. The molecule has 7 nitrogen and oxygen atoms in total. The number of benzene rings is 1. The number of nitrogens with zero attached hydrogens (tertiary/aromatic N) is 2. The lowest BCUT2D eigenvalue weighted by Gasteiger charge is -2.22. The van der Waals surface area contributed by atoms with Crippen molar-refractivity contribution in [3.8, 4) is 17.0 Å². The zero-order chi connectivity index (χ0) is 25.4. The monoisotopic (exact) mass is 522 g/mol. The molecule has 3 rings (SSSR count). The van der Waals surface area contributed by atoms with Gasteiger partial charge in [-0.2, -0.15) is 18.3 Å². The van der Waals surface area contributed by atoms with E-state index >= 15 is 4.39 Å². The average Bonchev–Trinajstić information content (AvgIpc) is 3.06. The Hall–Kier alpha value is -2.63. The first-order valence-electron chi connectivity index (χ1n) is 9.96. The molecule has 0 saturated heterocycles. The minimum atomic E-state index is -4.75. The molecule has 13 heteroatoms. The average molecular weight is 523 g/mol. The second kappa shape index (κ2) is 9.93. The Labute approximate surface area is 202 Å². The molecule has 1 aliphatic heterocycles. The summed E-state index contributed by atoms with van der Waals surface area (Å²) in [4.78, 5) is 17.0. The highest BCUT2D eigenvalue weighted by Crippen LogP contribution is 2.34. The number of carbonyl (C=O) groups is 1. The van der Waals surface area contributed by atoms with Crippen molar-refractivity contribution in [2.24, 2.45) is 5.10 Å². The van der Waals surface area contributed by atoms with Crippen LogP contribution in [-0.4, -0.2) is 45.5 Å². The van der Waals surface area contributed by atoms with Crippen LogP contribution < -0.4 is 15.5 Å². The van der Waals surface area contributed by atoms with Crippen LogP contribution in [0.1, 0.15) is 42.9 Å². The predicted molar refractivity (Wildman–Crippen MR) is 119 cm³/mol. The van der Waals surface area contributed by atoms with Crippen molar-refractivity contribution >= 4 is 34.8 Å².